The van der Waals surface area contributed by atoms with Gasteiger partial charge in [-0.2, -0.15) is 0 Å². The number of hydrogen-bond acceptors (Lipinski definition) is 2. The molecule has 0 saturated carbocycles. The van der Waals surface area contributed by atoms with Crippen molar-refractivity contribution >= 4 is 23.5 Å². The van der Waals surface area contributed by atoms with Crippen molar-refractivity contribution in [2.45, 2.75) is 19.8 Å². The number of imide groups is 1. The molecule has 70 valence electrons. The Hall–Kier alpha value is -0.770. The maximum absolute atomic E-state index is 10.8. The minimum atomic E-state index is -0.452. The van der Waals surface area contributed by atoms with E-state index in [2.05, 4.69) is 10.6 Å². The molecule has 0 bridgehead atoms. The van der Waals surface area contributed by atoms with Crippen LogP contribution in [0, 0.1) is 0 Å². The molecule has 5 heteroatoms. The standard InChI is InChI=1S/C7H13ClN2O2/c1-2-5-9-7(12)10-6(11)3-4-8/h2-5H2,1H3,(H2,9,10,11,12). The molecule has 0 rings (SSSR count). The molecule has 0 fully saturated rings. The van der Waals surface area contributed by atoms with E-state index in [9.17, 15) is 9.59 Å². The van der Waals surface area contributed by atoms with Crippen LogP contribution >= 0.6 is 11.6 Å². The van der Waals surface area contributed by atoms with Gasteiger partial charge in [-0.25, -0.2) is 4.79 Å². The van der Waals surface area contributed by atoms with Crippen LogP contribution in [0.15, 0.2) is 0 Å². The van der Waals surface area contributed by atoms with Crippen molar-refractivity contribution in [3.05, 3.63) is 0 Å². The molecule has 3 amide bonds. The summed E-state index contributed by atoms with van der Waals surface area (Å²) in [6, 6.07) is -0.452. The summed E-state index contributed by atoms with van der Waals surface area (Å²) in [6.45, 7) is 2.50. The third-order valence-electron chi connectivity index (χ3n) is 1.11. The third-order valence-corrected chi connectivity index (χ3v) is 1.30. The van der Waals surface area contributed by atoms with E-state index in [1.165, 1.54) is 0 Å². The molecule has 0 aliphatic carbocycles. The first-order valence-corrected chi connectivity index (χ1v) is 4.37. The molecule has 0 unspecified atom stereocenters. The van der Waals surface area contributed by atoms with Gasteiger partial charge in [-0.05, 0) is 6.42 Å². The highest BCUT2D eigenvalue weighted by molar-refractivity contribution is 6.19. The van der Waals surface area contributed by atoms with Crippen molar-refractivity contribution < 1.29 is 9.59 Å². The first-order valence-electron chi connectivity index (χ1n) is 3.84. The van der Waals surface area contributed by atoms with Crippen LogP contribution in [0.4, 0.5) is 4.79 Å². The molecular formula is C7H13ClN2O2. The molecule has 0 aromatic carbocycles. The lowest BCUT2D eigenvalue weighted by Gasteiger charge is -2.03. The Morgan fingerprint density at radius 1 is 1.42 bits per heavy atom. The highest BCUT2D eigenvalue weighted by Crippen LogP contribution is 1.83. The van der Waals surface area contributed by atoms with Crippen LogP contribution in [-0.4, -0.2) is 24.4 Å². The maximum Gasteiger partial charge on any atom is 0.321 e. The number of amides is 3. The van der Waals surface area contributed by atoms with Gasteiger partial charge in [0.1, 0.15) is 0 Å². The van der Waals surface area contributed by atoms with Crippen molar-refractivity contribution in [1.82, 2.24) is 10.6 Å². The van der Waals surface area contributed by atoms with Crippen LogP contribution in [0.2, 0.25) is 0 Å². The lowest BCUT2D eigenvalue weighted by atomic mass is 10.4. The van der Waals surface area contributed by atoms with Crippen molar-refractivity contribution in [3.8, 4) is 0 Å². The van der Waals surface area contributed by atoms with E-state index in [-0.39, 0.29) is 18.2 Å². The lowest BCUT2D eigenvalue weighted by molar-refractivity contribution is -0.119. The second-order valence-corrected chi connectivity index (χ2v) is 2.62. The second kappa shape index (κ2) is 6.91. The summed E-state index contributed by atoms with van der Waals surface area (Å²) in [7, 11) is 0. The van der Waals surface area contributed by atoms with Crippen LogP contribution in [0.1, 0.15) is 19.8 Å². The summed E-state index contributed by atoms with van der Waals surface area (Å²) in [6.07, 6.45) is 1.01. The van der Waals surface area contributed by atoms with Gasteiger partial charge in [0.25, 0.3) is 0 Å². The van der Waals surface area contributed by atoms with Gasteiger partial charge < -0.3 is 5.32 Å². The average Bonchev–Trinajstić information content (AvgIpc) is 2.01. The molecule has 2 N–H and O–H groups in total. The van der Waals surface area contributed by atoms with Crippen molar-refractivity contribution in [2.75, 3.05) is 12.4 Å². The predicted molar refractivity (Wildman–Crippen MR) is 47.2 cm³/mol. The zero-order valence-corrected chi connectivity index (χ0v) is 7.78. The summed E-state index contributed by atoms with van der Waals surface area (Å²) in [5.74, 6) is -0.119. The normalized spacial score (nSPS) is 9.17. The van der Waals surface area contributed by atoms with Crippen LogP contribution in [0.25, 0.3) is 0 Å². The molecule has 0 aromatic rings. The van der Waals surface area contributed by atoms with Crippen molar-refractivity contribution in [1.29, 1.82) is 0 Å². The van der Waals surface area contributed by atoms with Gasteiger partial charge in [0.05, 0.1) is 0 Å². The molecule has 0 aliphatic rings. The smallest absolute Gasteiger partial charge is 0.321 e. The zero-order valence-electron chi connectivity index (χ0n) is 7.02. The summed E-state index contributed by atoms with van der Waals surface area (Å²) in [5.41, 5.74) is 0. The highest BCUT2D eigenvalue weighted by atomic mass is 35.5. The fourth-order valence-corrected chi connectivity index (χ4v) is 0.729. The van der Waals surface area contributed by atoms with E-state index in [1.807, 2.05) is 6.92 Å². The Bertz CT molecular complexity index is 161. The van der Waals surface area contributed by atoms with E-state index >= 15 is 0 Å². The first-order chi connectivity index (χ1) is 5.70. The molecule has 0 aliphatic heterocycles. The van der Waals surface area contributed by atoms with Gasteiger partial charge in [-0.15, -0.1) is 11.6 Å². The largest absolute Gasteiger partial charge is 0.338 e. The summed E-state index contributed by atoms with van der Waals surface area (Å²) < 4.78 is 0. The van der Waals surface area contributed by atoms with Gasteiger partial charge in [-0.1, -0.05) is 6.92 Å². The fraction of sp³-hybridized carbons (Fsp3) is 0.714. The second-order valence-electron chi connectivity index (χ2n) is 2.24. The van der Waals surface area contributed by atoms with Crippen molar-refractivity contribution in [2.24, 2.45) is 0 Å². The topological polar surface area (TPSA) is 58.2 Å². The predicted octanol–water partition coefficient (Wildman–Crippen LogP) is 0.851. The van der Waals surface area contributed by atoms with E-state index in [0.717, 1.165) is 6.42 Å². The minimum absolute atomic E-state index is 0.168. The Morgan fingerprint density at radius 2 is 2.08 bits per heavy atom. The molecular weight excluding hydrogens is 180 g/mol. The summed E-state index contributed by atoms with van der Waals surface area (Å²) in [4.78, 5) is 21.6. The molecule has 0 aromatic heterocycles. The molecule has 0 saturated heterocycles. The SMILES string of the molecule is CCCNC(=O)NC(=O)CCCl. The van der Waals surface area contributed by atoms with Gasteiger partial charge in [0, 0.05) is 18.8 Å². The monoisotopic (exact) mass is 192 g/mol. The van der Waals surface area contributed by atoms with E-state index < -0.39 is 6.03 Å². The van der Waals surface area contributed by atoms with Gasteiger partial charge >= 0.3 is 6.03 Å². The first kappa shape index (κ1) is 11.2. The number of carbonyl (C=O) groups is 2. The van der Waals surface area contributed by atoms with Gasteiger partial charge in [0.2, 0.25) is 5.91 Å². The van der Waals surface area contributed by atoms with Crippen LogP contribution in [0.3, 0.4) is 0 Å². The van der Waals surface area contributed by atoms with E-state index in [1.54, 1.807) is 0 Å². The van der Waals surface area contributed by atoms with E-state index in [0.29, 0.717) is 6.54 Å². The molecule has 0 spiro atoms. The number of urea groups is 1. The number of alkyl halides is 1. The molecule has 0 atom stereocenters. The highest BCUT2D eigenvalue weighted by Gasteiger charge is 2.04. The molecule has 12 heavy (non-hydrogen) atoms. The average molecular weight is 193 g/mol. The third kappa shape index (κ3) is 5.97. The van der Waals surface area contributed by atoms with Crippen LogP contribution in [-0.2, 0) is 4.79 Å². The molecule has 0 radical (unpaired) electrons. The van der Waals surface area contributed by atoms with Crippen LogP contribution < -0.4 is 10.6 Å². The number of nitrogens with one attached hydrogen (secondary N) is 2. The number of halogens is 1. The molecule has 4 nitrogen and oxygen atoms in total. The van der Waals surface area contributed by atoms with Crippen molar-refractivity contribution in [3.63, 3.8) is 0 Å². The number of carbonyl (C=O) groups excluding carboxylic acids is 2. The zero-order chi connectivity index (χ0) is 9.40. The van der Waals surface area contributed by atoms with Gasteiger partial charge in [0.15, 0.2) is 0 Å². The lowest BCUT2D eigenvalue weighted by Crippen LogP contribution is -2.39. The minimum Gasteiger partial charge on any atom is -0.338 e. The van der Waals surface area contributed by atoms with Gasteiger partial charge in [-0.3, -0.25) is 10.1 Å². The Balaban J connectivity index is 3.47. The van der Waals surface area contributed by atoms with Crippen LogP contribution in [0.5, 0.6) is 0 Å². The Kier molecular flexibility index (Phi) is 6.47. The fourth-order valence-electron chi connectivity index (χ4n) is 0.558. The summed E-state index contributed by atoms with van der Waals surface area (Å²) >= 11 is 5.29. The number of hydrogen-bond donors (Lipinski definition) is 2. The Morgan fingerprint density at radius 3 is 2.58 bits per heavy atom. The van der Waals surface area contributed by atoms with E-state index in [4.69, 9.17) is 11.6 Å². The number of rotatable bonds is 4. The summed E-state index contributed by atoms with van der Waals surface area (Å²) in [5, 5.41) is 4.65. The maximum atomic E-state index is 10.8. The quantitative estimate of drug-likeness (QED) is 0.649. The Labute approximate surface area is 76.7 Å². The molecule has 0 heterocycles.